The first-order valence-corrected chi connectivity index (χ1v) is 11.5. The van der Waals surface area contributed by atoms with Gasteiger partial charge in [0.25, 0.3) is 5.91 Å². The fourth-order valence-corrected chi connectivity index (χ4v) is 5.67. The summed E-state index contributed by atoms with van der Waals surface area (Å²) < 4.78 is 11.5. The summed E-state index contributed by atoms with van der Waals surface area (Å²) in [4.78, 5) is 43.8. The molecule has 2 fully saturated rings. The largest absolute Gasteiger partial charge is 0.493 e. The molecule has 3 amide bonds. The van der Waals surface area contributed by atoms with Crippen LogP contribution in [0.2, 0.25) is 0 Å². The lowest BCUT2D eigenvalue weighted by Gasteiger charge is -2.34. The Labute approximate surface area is 193 Å². The van der Waals surface area contributed by atoms with Crippen LogP contribution in [0.15, 0.2) is 42.5 Å². The van der Waals surface area contributed by atoms with Crippen LogP contribution in [0.25, 0.3) is 0 Å². The maximum absolute atomic E-state index is 13.9. The van der Waals surface area contributed by atoms with Gasteiger partial charge in [0.1, 0.15) is 11.3 Å². The number of amides is 3. The van der Waals surface area contributed by atoms with Gasteiger partial charge in [-0.1, -0.05) is 36.8 Å². The molecule has 172 valence electrons. The van der Waals surface area contributed by atoms with Crippen LogP contribution in [0.4, 0.5) is 10.5 Å². The van der Waals surface area contributed by atoms with E-state index < -0.39 is 35.4 Å². The Morgan fingerprint density at radius 1 is 1.15 bits per heavy atom. The van der Waals surface area contributed by atoms with Crippen molar-refractivity contribution in [1.29, 1.82) is 0 Å². The van der Waals surface area contributed by atoms with E-state index in [-0.39, 0.29) is 19.1 Å². The van der Waals surface area contributed by atoms with Crippen molar-refractivity contribution in [2.24, 2.45) is 11.8 Å². The first-order valence-electron chi connectivity index (χ1n) is 11.5. The lowest BCUT2D eigenvalue weighted by molar-refractivity contribution is -0.154. The molecule has 7 heteroatoms. The molecule has 3 aliphatic heterocycles. The Morgan fingerprint density at radius 2 is 1.88 bits per heavy atom. The minimum atomic E-state index is -1.36. The van der Waals surface area contributed by atoms with Crippen LogP contribution in [-0.4, -0.2) is 41.6 Å². The molecule has 33 heavy (non-hydrogen) atoms. The third-order valence-electron chi connectivity index (χ3n) is 7.32. The van der Waals surface area contributed by atoms with Gasteiger partial charge in [0.05, 0.1) is 30.9 Å². The second kappa shape index (κ2) is 7.61. The summed E-state index contributed by atoms with van der Waals surface area (Å²) in [6.07, 6.45) is 0.857. The average Bonchev–Trinajstić information content (AvgIpc) is 3.19. The zero-order valence-electron chi connectivity index (χ0n) is 19.3. The number of esters is 1. The summed E-state index contributed by atoms with van der Waals surface area (Å²) >= 11 is 0. The summed E-state index contributed by atoms with van der Waals surface area (Å²) in [6.45, 7) is 7.89. The number of aryl methyl sites for hydroxylation is 2. The first-order chi connectivity index (χ1) is 15.8. The van der Waals surface area contributed by atoms with E-state index >= 15 is 0 Å². The monoisotopic (exact) mass is 448 g/mol. The maximum atomic E-state index is 13.9. The summed E-state index contributed by atoms with van der Waals surface area (Å²) in [6, 6.07) is 12.3. The average molecular weight is 449 g/mol. The molecule has 0 saturated carbocycles. The molecule has 3 heterocycles. The number of ether oxygens (including phenoxy) is 2. The Hall–Kier alpha value is -3.35. The van der Waals surface area contributed by atoms with E-state index in [0.717, 1.165) is 23.1 Å². The fraction of sp³-hybridized carbons (Fsp3) is 0.423. The number of carbonyl (C=O) groups is 3. The van der Waals surface area contributed by atoms with Crippen molar-refractivity contribution in [2.45, 2.75) is 45.7 Å². The van der Waals surface area contributed by atoms with Crippen molar-refractivity contribution in [1.82, 2.24) is 4.90 Å². The molecule has 0 bridgehead atoms. The number of hydrogen-bond acceptors (Lipinski definition) is 5. The number of imide groups is 1. The van der Waals surface area contributed by atoms with Gasteiger partial charge >= 0.3 is 12.0 Å². The fourth-order valence-electron chi connectivity index (χ4n) is 5.67. The maximum Gasteiger partial charge on any atom is 0.332 e. The number of anilines is 1. The molecule has 7 nitrogen and oxygen atoms in total. The molecule has 0 aromatic heterocycles. The number of urea groups is 1. The lowest BCUT2D eigenvalue weighted by Crippen LogP contribution is -2.51. The summed E-state index contributed by atoms with van der Waals surface area (Å²) in [5, 5.41) is 0. The van der Waals surface area contributed by atoms with Gasteiger partial charge in [0.2, 0.25) is 0 Å². The highest BCUT2D eigenvalue weighted by Gasteiger charge is 2.72. The molecule has 2 aromatic carbocycles. The van der Waals surface area contributed by atoms with Gasteiger partial charge in [-0.05, 0) is 51.0 Å². The van der Waals surface area contributed by atoms with Gasteiger partial charge in [-0.3, -0.25) is 9.59 Å². The van der Waals surface area contributed by atoms with Crippen molar-refractivity contribution in [3.63, 3.8) is 0 Å². The normalized spacial score (nSPS) is 27.7. The van der Waals surface area contributed by atoms with Crippen LogP contribution in [0.5, 0.6) is 5.75 Å². The molecule has 0 radical (unpaired) electrons. The van der Waals surface area contributed by atoms with Gasteiger partial charge in [0, 0.05) is 11.5 Å². The van der Waals surface area contributed by atoms with Crippen molar-refractivity contribution >= 4 is 23.6 Å². The predicted molar refractivity (Wildman–Crippen MR) is 122 cm³/mol. The van der Waals surface area contributed by atoms with Crippen LogP contribution < -0.4 is 9.64 Å². The molecule has 5 rings (SSSR count). The van der Waals surface area contributed by atoms with Gasteiger partial charge in [-0.2, -0.15) is 0 Å². The second-order valence-electron chi connectivity index (χ2n) is 9.15. The molecule has 0 N–H and O–H groups in total. The van der Waals surface area contributed by atoms with Crippen LogP contribution in [0.1, 0.15) is 43.5 Å². The highest BCUT2D eigenvalue weighted by molar-refractivity contribution is 6.24. The van der Waals surface area contributed by atoms with Gasteiger partial charge < -0.3 is 14.4 Å². The number of carbonyl (C=O) groups excluding carboxylic acids is 3. The highest BCUT2D eigenvalue weighted by atomic mass is 16.5. The standard InChI is InChI=1S/C26H28N2O5/c1-5-16-9-12-18-20(13-16)33-14-19-21(23(29)32-6-2)26(4)24(30)27(25(31)28(26)22(18)19)17-10-7-15(3)8-11-17/h7-13,19,21-22H,5-6,14H2,1-4H3/t19-,21+,22+,26-/m1/s1. The molecular weight excluding hydrogens is 420 g/mol. The number of rotatable bonds is 4. The topological polar surface area (TPSA) is 76.2 Å². The summed E-state index contributed by atoms with van der Waals surface area (Å²) in [7, 11) is 0. The summed E-state index contributed by atoms with van der Waals surface area (Å²) in [5.74, 6) is -1.37. The zero-order chi connectivity index (χ0) is 23.5. The molecule has 4 atom stereocenters. The van der Waals surface area contributed by atoms with Crippen molar-refractivity contribution in [2.75, 3.05) is 18.1 Å². The number of fused-ring (bicyclic) bond motifs is 5. The predicted octanol–water partition coefficient (Wildman–Crippen LogP) is 4.03. The third-order valence-corrected chi connectivity index (χ3v) is 7.32. The van der Waals surface area contributed by atoms with Gasteiger partial charge in [-0.15, -0.1) is 0 Å². The van der Waals surface area contributed by atoms with E-state index in [1.54, 1.807) is 30.9 Å². The molecule has 2 aromatic rings. The highest BCUT2D eigenvalue weighted by Crippen LogP contribution is 2.58. The van der Waals surface area contributed by atoms with Gasteiger partial charge in [0.15, 0.2) is 0 Å². The van der Waals surface area contributed by atoms with E-state index in [1.165, 1.54) is 4.90 Å². The molecular formula is C26H28N2O5. The molecule has 2 saturated heterocycles. The quantitative estimate of drug-likeness (QED) is 0.522. The number of nitrogens with zero attached hydrogens (tertiary/aromatic N) is 2. The van der Waals surface area contributed by atoms with Crippen LogP contribution in [0.3, 0.4) is 0 Å². The van der Waals surface area contributed by atoms with Crippen molar-refractivity contribution in [3.8, 4) is 5.75 Å². The van der Waals surface area contributed by atoms with Crippen LogP contribution in [-0.2, 0) is 20.7 Å². The molecule has 0 spiro atoms. The van der Waals surface area contributed by atoms with E-state index in [0.29, 0.717) is 11.4 Å². The molecule has 0 aliphatic carbocycles. The third kappa shape index (κ3) is 2.91. The minimum Gasteiger partial charge on any atom is -0.493 e. The van der Waals surface area contributed by atoms with Crippen LogP contribution >= 0.6 is 0 Å². The van der Waals surface area contributed by atoms with E-state index in [9.17, 15) is 14.4 Å². The van der Waals surface area contributed by atoms with E-state index in [1.807, 2.05) is 37.3 Å². The smallest absolute Gasteiger partial charge is 0.332 e. The van der Waals surface area contributed by atoms with E-state index in [2.05, 4.69) is 6.92 Å². The Morgan fingerprint density at radius 3 is 2.55 bits per heavy atom. The SMILES string of the molecule is CCOC(=O)[C@@H]1[C@H]2COc3cc(CC)ccc3[C@@H]2N2C(=O)N(c3ccc(C)cc3)C(=O)[C@@]12C. The Balaban J connectivity index is 1.66. The first kappa shape index (κ1) is 21.5. The zero-order valence-corrected chi connectivity index (χ0v) is 19.3. The number of benzene rings is 2. The minimum absolute atomic E-state index is 0.198. The second-order valence-corrected chi connectivity index (χ2v) is 9.15. The number of hydrogen-bond donors (Lipinski definition) is 0. The van der Waals surface area contributed by atoms with Gasteiger partial charge in [-0.25, -0.2) is 9.69 Å². The van der Waals surface area contributed by atoms with E-state index in [4.69, 9.17) is 9.47 Å². The van der Waals surface area contributed by atoms with Crippen molar-refractivity contribution < 1.29 is 23.9 Å². The molecule has 3 aliphatic rings. The lowest BCUT2D eigenvalue weighted by atomic mass is 9.77. The van der Waals surface area contributed by atoms with Crippen molar-refractivity contribution in [3.05, 3.63) is 59.2 Å². The van der Waals surface area contributed by atoms with Crippen LogP contribution in [0, 0.1) is 18.8 Å². The Kier molecular flexibility index (Phi) is 4.96. The molecule has 0 unspecified atom stereocenters. The Bertz CT molecular complexity index is 1140. The summed E-state index contributed by atoms with van der Waals surface area (Å²) in [5.41, 5.74) is 2.12.